The fourth-order valence-electron chi connectivity index (χ4n) is 6.06. The van der Waals surface area contributed by atoms with Gasteiger partial charge in [0.25, 0.3) is 5.91 Å². The first-order chi connectivity index (χ1) is 20.8. The lowest BCUT2D eigenvalue weighted by Gasteiger charge is -2.36. The first-order valence-corrected chi connectivity index (χ1v) is 14.6. The summed E-state index contributed by atoms with van der Waals surface area (Å²) in [5.41, 5.74) is 10.8. The van der Waals surface area contributed by atoms with Crippen LogP contribution in [0.15, 0.2) is 60.7 Å². The Kier molecular flexibility index (Phi) is 8.11. The Hall–Kier alpha value is -4.32. The second-order valence-electron chi connectivity index (χ2n) is 11.3. The van der Waals surface area contributed by atoms with Gasteiger partial charge in [-0.3, -0.25) is 24.6 Å². The quantitative estimate of drug-likeness (QED) is 0.234. The van der Waals surface area contributed by atoms with E-state index in [9.17, 15) is 19.5 Å². The fraction of sp³-hybridized carbons (Fsp3) is 0.344. The Morgan fingerprint density at radius 3 is 2.49 bits per heavy atom. The van der Waals surface area contributed by atoms with Crippen molar-refractivity contribution in [2.75, 3.05) is 36.4 Å². The van der Waals surface area contributed by atoms with Gasteiger partial charge in [-0.15, -0.1) is 0 Å². The minimum Gasteiger partial charge on any atom is -0.381 e. The highest BCUT2D eigenvalue weighted by Crippen LogP contribution is 2.32. The topological polar surface area (TPSA) is 131 Å². The average molecular weight is 587 g/mol. The van der Waals surface area contributed by atoms with Crippen molar-refractivity contribution >= 4 is 29.1 Å². The summed E-state index contributed by atoms with van der Waals surface area (Å²) in [6.45, 7) is 4.41. The van der Waals surface area contributed by atoms with Crippen LogP contribution >= 0.6 is 0 Å². The van der Waals surface area contributed by atoms with Gasteiger partial charge in [-0.1, -0.05) is 30.3 Å². The molecule has 0 aromatic heterocycles. The number of fused-ring (bicyclic) bond motifs is 1. The van der Waals surface area contributed by atoms with Gasteiger partial charge in [-0.05, 0) is 47.9 Å². The number of aliphatic hydroxyl groups is 1. The number of nitrogens with one attached hydrogen (secondary N) is 2. The third-order valence-electron chi connectivity index (χ3n) is 8.55. The van der Waals surface area contributed by atoms with E-state index in [0.717, 1.165) is 48.7 Å². The third-order valence-corrected chi connectivity index (χ3v) is 8.55. The number of piperazine rings is 1. The molecular formula is C32H35FN6O4. The lowest BCUT2D eigenvalue weighted by atomic mass is 10.0. The van der Waals surface area contributed by atoms with E-state index in [0.29, 0.717) is 36.2 Å². The third kappa shape index (κ3) is 6.10. The highest BCUT2D eigenvalue weighted by molar-refractivity contribution is 6.06. The van der Waals surface area contributed by atoms with Crippen molar-refractivity contribution in [1.82, 2.24) is 15.1 Å². The van der Waals surface area contributed by atoms with Gasteiger partial charge in [0.15, 0.2) is 0 Å². The molecule has 2 unspecified atom stereocenters. The number of hydrogen-bond acceptors (Lipinski definition) is 8. The molecule has 3 heterocycles. The van der Waals surface area contributed by atoms with E-state index in [-0.39, 0.29) is 30.6 Å². The minimum atomic E-state index is -0.981. The molecule has 0 aliphatic carbocycles. The van der Waals surface area contributed by atoms with Crippen LogP contribution in [0, 0.1) is 5.82 Å². The molecule has 3 aromatic carbocycles. The van der Waals surface area contributed by atoms with Gasteiger partial charge in [0, 0.05) is 80.3 Å². The molecule has 2 saturated heterocycles. The zero-order valence-corrected chi connectivity index (χ0v) is 23.8. The predicted molar refractivity (Wildman–Crippen MR) is 159 cm³/mol. The standard InChI is InChI=1S/C32H35FN6O4/c33-26-16-20(4-5-22(26)18-37-12-14-38(15-13-37)23-8-6-21(7-9-23)30(34)41)17-35-27-3-1-2-24-25(27)19-39(32(24)43)28-10-11-29(40)36-31(28)42/h1-9,16,28,30,35,41H,10-15,17-19,34H2,(H,36,40,42). The van der Waals surface area contributed by atoms with Crippen molar-refractivity contribution in [3.05, 3.63) is 94.3 Å². The van der Waals surface area contributed by atoms with E-state index in [1.54, 1.807) is 18.2 Å². The number of carbonyl (C=O) groups excluding carboxylic acids is 3. The molecule has 0 bridgehead atoms. The summed E-state index contributed by atoms with van der Waals surface area (Å²) in [4.78, 5) is 43.0. The van der Waals surface area contributed by atoms with E-state index in [2.05, 4.69) is 20.4 Å². The first kappa shape index (κ1) is 28.8. The minimum absolute atomic E-state index is 0.204. The van der Waals surface area contributed by atoms with Crippen molar-refractivity contribution in [3.8, 4) is 0 Å². The smallest absolute Gasteiger partial charge is 0.255 e. The average Bonchev–Trinajstić information content (AvgIpc) is 3.34. The van der Waals surface area contributed by atoms with Gasteiger partial charge in [0.2, 0.25) is 11.8 Å². The Morgan fingerprint density at radius 1 is 1.02 bits per heavy atom. The number of rotatable bonds is 8. The van der Waals surface area contributed by atoms with Crippen LogP contribution in [0.5, 0.6) is 0 Å². The monoisotopic (exact) mass is 586 g/mol. The van der Waals surface area contributed by atoms with E-state index in [1.807, 2.05) is 42.5 Å². The molecule has 10 nitrogen and oxygen atoms in total. The van der Waals surface area contributed by atoms with Crippen LogP contribution < -0.4 is 21.3 Å². The van der Waals surface area contributed by atoms with Gasteiger partial charge in [0.1, 0.15) is 18.1 Å². The SMILES string of the molecule is NC(O)c1ccc(N2CCN(Cc3ccc(CNc4cccc5c4CN(C4CCC(=O)NC4=O)C5=O)cc3F)CC2)cc1. The number of nitrogens with two attached hydrogens (primary N) is 1. The van der Waals surface area contributed by atoms with Crippen LogP contribution in [0.3, 0.4) is 0 Å². The normalized spacial score (nSPS) is 19.8. The van der Waals surface area contributed by atoms with Crippen LogP contribution in [0.4, 0.5) is 15.8 Å². The summed E-state index contributed by atoms with van der Waals surface area (Å²) in [7, 11) is 0. The van der Waals surface area contributed by atoms with Crippen molar-refractivity contribution < 1.29 is 23.9 Å². The predicted octanol–water partition coefficient (Wildman–Crippen LogP) is 2.47. The van der Waals surface area contributed by atoms with Crippen molar-refractivity contribution in [2.24, 2.45) is 5.73 Å². The Morgan fingerprint density at radius 2 is 1.79 bits per heavy atom. The molecule has 2 fully saturated rings. The summed E-state index contributed by atoms with van der Waals surface area (Å²) < 4.78 is 15.2. The zero-order chi connectivity index (χ0) is 30.1. The molecule has 5 N–H and O–H groups in total. The Bertz CT molecular complexity index is 1540. The van der Waals surface area contributed by atoms with Crippen LogP contribution in [-0.2, 0) is 29.2 Å². The highest BCUT2D eigenvalue weighted by atomic mass is 19.1. The number of hydrogen-bond donors (Lipinski definition) is 4. The molecule has 11 heteroatoms. The molecule has 3 aliphatic rings. The number of carbonyl (C=O) groups is 3. The lowest BCUT2D eigenvalue weighted by molar-refractivity contribution is -0.136. The number of halogens is 1. The Balaban J connectivity index is 1.04. The number of nitrogens with zero attached hydrogens (tertiary/aromatic N) is 3. The number of benzene rings is 3. The second-order valence-corrected chi connectivity index (χ2v) is 11.3. The number of piperidine rings is 1. The molecule has 6 rings (SSSR count). The summed E-state index contributed by atoms with van der Waals surface area (Å²) in [6.07, 6.45) is -0.468. The summed E-state index contributed by atoms with van der Waals surface area (Å²) in [5, 5.41) is 15.2. The molecule has 2 atom stereocenters. The van der Waals surface area contributed by atoms with E-state index in [1.165, 1.54) is 4.90 Å². The largest absolute Gasteiger partial charge is 0.381 e. The molecule has 3 aliphatic heterocycles. The van der Waals surface area contributed by atoms with Crippen molar-refractivity contribution in [2.45, 2.75) is 44.7 Å². The molecule has 0 spiro atoms. The molecule has 0 radical (unpaired) electrons. The van der Waals surface area contributed by atoms with Gasteiger partial charge in [-0.2, -0.15) is 0 Å². The van der Waals surface area contributed by atoms with Crippen LogP contribution in [-0.4, -0.2) is 64.8 Å². The summed E-state index contributed by atoms with van der Waals surface area (Å²) in [6, 6.07) is 17.6. The first-order valence-electron chi connectivity index (χ1n) is 14.6. The van der Waals surface area contributed by atoms with Crippen LogP contribution in [0.1, 0.15) is 51.7 Å². The highest BCUT2D eigenvalue weighted by Gasteiger charge is 2.39. The maximum Gasteiger partial charge on any atom is 0.255 e. The molecular weight excluding hydrogens is 551 g/mol. The van der Waals surface area contributed by atoms with Gasteiger partial charge in [0.05, 0.1) is 0 Å². The number of aliphatic hydroxyl groups excluding tert-OH is 1. The van der Waals surface area contributed by atoms with Gasteiger partial charge < -0.3 is 26.0 Å². The number of anilines is 2. The van der Waals surface area contributed by atoms with E-state index < -0.39 is 18.2 Å². The zero-order valence-electron chi connectivity index (χ0n) is 23.8. The van der Waals surface area contributed by atoms with Crippen molar-refractivity contribution in [1.29, 1.82) is 0 Å². The molecule has 3 amide bonds. The lowest BCUT2D eigenvalue weighted by Crippen LogP contribution is -2.52. The fourth-order valence-corrected chi connectivity index (χ4v) is 6.06. The molecule has 224 valence electrons. The van der Waals surface area contributed by atoms with E-state index in [4.69, 9.17) is 5.73 Å². The molecule has 3 aromatic rings. The number of amides is 3. The van der Waals surface area contributed by atoms with Crippen LogP contribution in [0.2, 0.25) is 0 Å². The summed E-state index contributed by atoms with van der Waals surface area (Å²) >= 11 is 0. The summed E-state index contributed by atoms with van der Waals surface area (Å²) in [5.74, 6) is -1.24. The maximum atomic E-state index is 15.2. The maximum absolute atomic E-state index is 15.2. The van der Waals surface area contributed by atoms with Crippen LogP contribution in [0.25, 0.3) is 0 Å². The van der Waals surface area contributed by atoms with Gasteiger partial charge >= 0.3 is 0 Å². The van der Waals surface area contributed by atoms with Crippen molar-refractivity contribution in [3.63, 3.8) is 0 Å². The number of imide groups is 1. The van der Waals surface area contributed by atoms with Gasteiger partial charge in [-0.25, -0.2) is 4.39 Å². The second kappa shape index (κ2) is 12.1. The molecule has 43 heavy (non-hydrogen) atoms. The van der Waals surface area contributed by atoms with E-state index >= 15 is 4.39 Å². The molecule has 0 saturated carbocycles. The Labute approximate surface area is 249 Å².